The molecule has 0 saturated heterocycles. The van der Waals surface area contributed by atoms with Gasteiger partial charge in [0.25, 0.3) is 0 Å². The predicted octanol–water partition coefficient (Wildman–Crippen LogP) is 4.02. The molecule has 3 heteroatoms. The molecule has 0 amide bonds. The molecule has 0 heterocycles. The number of anilines is 1. The van der Waals surface area contributed by atoms with Crippen molar-refractivity contribution in [3.63, 3.8) is 0 Å². The average molecular weight is 256 g/mol. The van der Waals surface area contributed by atoms with E-state index >= 15 is 0 Å². The minimum atomic E-state index is -0.481. The summed E-state index contributed by atoms with van der Waals surface area (Å²) in [5, 5.41) is 10.2. The molecule has 1 aromatic rings. The van der Waals surface area contributed by atoms with Gasteiger partial charge in [-0.15, -0.1) is 0 Å². The first-order chi connectivity index (χ1) is 7.79. The molecule has 17 heavy (non-hydrogen) atoms. The summed E-state index contributed by atoms with van der Waals surface area (Å²) in [4.78, 5) is 2.18. The second-order valence-corrected chi connectivity index (χ2v) is 5.52. The number of aliphatic hydroxyl groups excluding tert-OH is 1. The summed E-state index contributed by atoms with van der Waals surface area (Å²) in [6.07, 6.45) is 0.559. The Kier molecular flexibility index (Phi) is 4.45. The Morgan fingerprint density at radius 3 is 2.41 bits per heavy atom. The van der Waals surface area contributed by atoms with E-state index in [1.54, 1.807) is 6.92 Å². The molecule has 1 aromatic carbocycles. The molecule has 0 aromatic heterocycles. The van der Waals surface area contributed by atoms with E-state index in [2.05, 4.69) is 25.7 Å². The SMILES string of the molecule is CCC(C)(C)N(C)c1ccc([C@H](C)O)cc1Cl. The van der Waals surface area contributed by atoms with Gasteiger partial charge < -0.3 is 10.0 Å². The summed E-state index contributed by atoms with van der Waals surface area (Å²) >= 11 is 6.28. The molecule has 1 rings (SSSR count). The monoisotopic (exact) mass is 255 g/mol. The Balaban J connectivity index is 3.08. The second-order valence-electron chi connectivity index (χ2n) is 5.11. The Morgan fingerprint density at radius 2 is 2.00 bits per heavy atom. The first kappa shape index (κ1) is 14.3. The van der Waals surface area contributed by atoms with Gasteiger partial charge in [0.15, 0.2) is 0 Å². The third kappa shape index (κ3) is 3.14. The highest BCUT2D eigenvalue weighted by Gasteiger charge is 2.23. The number of hydrogen-bond acceptors (Lipinski definition) is 2. The van der Waals surface area contributed by atoms with Crippen molar-refractivity contribution < 1.29 is 5.11 Å². The molecule has 96 valence electrons. The molecule has 2 nitrogen and oxygen atoms in total. The van der Waals surface area contributed by atoms with Gasteiger partial charge in [0.2, 0.25) is 0 Å². The van der Waals surface area contributed by atoms with Crippen LogP contribution >= 0.6 is 11.6 Å². The lowest BCUT2D eigenvalue weighted by Gasteiger charge is -2.37. The predicted molar refractivity (Wildman–Crippen MR) is 74.9 cm³/mol. The number of aliphatic hydroxyl groups is 1. The van der Waals surface area contributed by atoms with Crippen LogP contribution in [0.15, 0.2) is 18.2 Å². The van der Waals surface area contributed by atoms with E-state index in [1.165, 1.54) is 0 Å². The zero-order valence-electron chi connectivity index (χ0n) is 11.3. The minimum Gasteiger partial charge on any atom is -0.389 e. The van der Waals surface area contributed by atoms with Crippen LogP contribution in [-0.2, 0) is 0 Å². The van der Waals surface area contributed by atoms with Gasteiger partial charge in [-0.05, 0) is 44.9 Å². The molecule has 0 spiro atoms. The molecule has 0 aliphatic heterocycles. The van der Waals surface area contributed by atoms with Gasteiger partial charge in [-0.2, -0.15) is 0 Å². The van der Waals surface area contributed by atoms with Crippen molar-refractivity contribution in [3.05, 3.63) is 28.8 Å². The summed E-state index contributed by atoms with van der Waals surface area (Å²) < 4.78 is 0. The fourth-order valence-corrected chi connectivity index (χ4v) is 1.93. The van der Waals surface area contributed by atoms with Gasteiger partial charge in [0.1, 0.15) is 0 Å². The summed E-state index contributed by atoms with van der Waals surface area (Å²) in [6.45, 7) is 8.28. The molecule has 0 aliphatic rings. The van der Waals surface area contributed by atoms with Crippen molar-refractivity contribution in [2.75, 3.05) is 11.9 Å². The van der Waals surface area contributed by atoms with Gasteiger partial charge in [-0.3, -0.25) is 0 Å². The van der Waals surface area contributed by atoms with Gasteiger partial charge >= 0.3 is 0 Å². The normalized spacial score (nSPS) is 13.6. The van der Waals surface area contributed by atoms with Crippen molar-refractivity contribution in [1.82, 2.24) is 0 Å². The number of hydrogen-bond donors (Lipinski definition) is 1. The Morgan fingerprint density at radius 1 is 1.41 bits per heavy atom. The van der Waals surface area contributed by atoms with E-state index in [9.17, 15) is 5.11 Å². The Hall–Kier alpha value is -0.730. The number of rotatable bonds is 4. The molecule has 0 bridgehead atoms. The van der Waals surface area contributed by atoms with Crippen LogP contribution in [0, 0.1) is 0 Å². The van der Waals surface area contributed by atoms with Crippen LogP contribution < -0.4 is 4.90 Å². The van der Waals surface area contributed by atoms with Crippen molar-refractivity contribution in [3.8, 4) is 0 Å². The quantitative estimate of drug-likeness (QED) is 0.879. The minimum absolute atomic E-state index is 0.0655. The van der Waals surface area contributed by atoms with Gasteiger partial charge in [0.05, 0.1) is 16.8 Å². The fourth-order valence-electron chi connectivity index (χ4n) is 1.62. The van der Waals surface area contributed by atoms with Crippen LogP contribution in [0.5, 0.6) is 0 Å². The van der Waals surface area contributed by atoms with E-state index in [1.807, 2.05) is 25.2 Å². The van der Waals surface area contributed by atoms with E-state index < -0.39 is 6.10 Å². The maximum atomic E-state index is 9.51. The molecule has 0 aliphatic carbocycles. The zero-order valence-corrected chi connectivity index (χ0v) is 12.0. The molecule has 1 atom stereocenters. The van der Waals surface area contributed by atoms with Crippen LogP contribution in [0.25, 0.3) is 0 Å². The van der Waals surface area contributed by atoms with Crippen molar-refractivity contribution in [2.45, 2.75) is 45.8 Å². The maximum Gasteiger partial charge on any atom is 0.0762 e. The summed E-state index contributed by atoms with van der Waals surface area (Å²) in [5.41, 5.74) is 1.92. The number of halogens is 1. The maximum absolute atomic E-state index is 9.51. The Labute approximate surface area is 109 Å². The van der Waals surface area contributed by atoms with E-state index in [0.29, 0.717) is 5.02 Å². The van der Waals surface area contributed by atoms with Gasteiger partial charge in [-0.25, -0.2) is 0 Å². The van der Waals surface area contributed by atoms with Crippen molar-refractivity contribution >= 4 is 17.3 Å². The lowest BCUT2D eigenvalue weighted by molar-refractivity contribution is 0.199. The first-order valence-corrected chi connectivity index (χ1v) is 6.38. The van der Waals surface area contributed by atoms with Crippen LogP contribution in [0.4, 0.5) is 5.69 Å². The lowest BCUT2D eigenvalue weighted by Crippen LogP contribution is -2.40. The highest BCUT2D eigenvalue weighted by atomic mass is 35.5. The van der Waals surface area contributed by atoms with Gasteiger partial charge in [-0.1, -0.05) is 24.6 Å². The third-order valence-electron chi connectivity index (χ3n) is 3.59. The fraction of sp³-hybridized carbons (Fsp3) is 0.571. The van der Waals surface area contributed by atoms with Crippen LogP contribution in [-0.4, -0.2) is 17.7 Å². The van der Waals surface area contributed by atoms with Gasteiger partial charge in [0, 0.05) is 12.6 Å². The smallest absolute Gasteiger partial charge is 0.0762 e. The molecule has 1 N–H and O–H groups in total. The van der Waals surface area contributed by atoms with Crippen LogP contribution in [0.1, 0.15) is 45.8 Å². The lowest BCUT2D eigenvalue weighted by atomic mass is 9.98. The number of nitrogens with zero attached hydrogens (tertiary/aromatic N) is 1. The molecule has 0 unspecified atom stereocenters. The van der Waals surface area contributed by atoms with Crippen molar-refractivity contribution in [2.24, 2.45) is 0 Å². The standard InChI is InChI=1S/C14H22ClNO/c1-6-14(3,4)16(5)13-8-7-11(10(2)17)9-12(13)15/h7-10,17H,6H2,1-5H3/t10-/m0/s1. The van der Waals surface area contributed by atoms with E-state index in [4.69, 9.17) is 11.6 Å². The average Bonchev–Trinajstić information content (AvgIpc) is 2.27. The van der Waals surface area contributed by atoms with E-state index in [-0.39, 0.29) is 5.54 Å². The van der Waals surface area contributed by atoms with E-state index in [0.717, 1.165) is 17.7 Å². The molecule has 0 saturated carbocycles. The van der Waals surface area contributed by atoms with Crippen LogP contribution in [0.2, 0.25) is 5.02 Å². The second kappa shape index (κ2) is 5.28. The largest absolute Gasteiger partial charge is 0.389 e. The molecule has 0 fully saturated rings. The molecular weight excluding hydrogens is 234 g/mol. The highest BCUT2D eigenvalue weighted by Crippen LogP contribution is 2.33. The Bertz CT molecular complexity index is 388. The zero-order chi connectivity index (χ0) is 13.2. The third-order valence-corrected chi connectivity index (χ3v) is 3.89. The first-order valence-electron chi connectivity index (χ1n) is 6.01. The number of benzene rings is 1. The highest BCUT2D eigenvalue weighted by molar-refractivity contribution is 6.33. The summed E-state index contributed by atoms with van der Waals surface area (Å²) in [7, 11) is 2.05. The molecular formula is C14H22ClNO. The summed E-state index contributed by atoms with van der Waals surface area (Å²) in [5.74, 6) is 0. The topological polar surface area (TPSA) is 23.5 Å². The summed E-state index contributed by atoms with van der Waals surface area (Å²) in [6, 6.07) is 5.74. The van der Waals surface area contributed by atoms with Crippen molar-refractivity contribution in [1.29, 1.82) is 0 Å². The molecule has 0 radical (unpaired) electrons. The van der Waals surface area contributed by atoms with Crippen LogP contribution in [0.3, 0.4) is 0 Å².